The van der Waals surface area contributed by atoms with Crippen LogP contribution < -0.4 is 15.5 Å². The van der Waals surface area contributed by atoms with Crippen molar-refractivity contribution in [3.8, 4) is 0 Å². The molecule has 4 aromatic rings. The number of para-hydroxylation sites is 2. The Balaban J connectivity index is 1.48. The Morgan fingerprint density at radius 3 is 2.35 bits per heavy atom. The van der Waals surface area contributed by atoms with Gasteiger partial charge in [-0.25, -0.2) is 0 Å². The maximum atomic E-state index is 14.6. The number of rotatable bonds is 4. The number of carbonyl (C=O) groups is 3. The van der Waals surface area contributed by atoms with Crippen molar-refractivity contribution in [3.05, 3.63) is 131 Å². The molecule has 4 aromatic carbocycles. The number of amides is 2. The molecule has 3 aliphatic heterocycles. The third-order valence-corrected chi connectivity index (χ3v) is 8.52. The summed E-state index contributed by atoms with van der Waals surface area (Å²) in [5.41, 5.74) is 2.75. The molecule has 1 fully saturated rings. The number of nitrogens with one attached hydrogen (secondary N) is 2. The quantitative estimate of drug-likeness (QED) is 0.311. The minimum atomic E-state index is -1.34. The van der Waals surface area contributed by atoms with E-state index in [9.17, 15) is 14.4 Å². The summed E-state index contributed by atoms with van der Waals surface area (Å²) < 4.78 is 0. The summed E-state index contributed by atoms with van der Waals surface area (Å²) in [4.78, 5) is 45.2. The summed E-state index contributed by atoms with van der Waals surface area (Å²) in [7, 11) is 0. The normalized spacial score (nSPS) is 23.8. The lowest BCUT2D eigenvalue weighted by Crippen LogP contribution is -2.51. The molecular formula is C33H24ClN3O3. The molecular weight excluding hydrogens is 522 g/mol. The van der Waals surface area contributed by atoms with E-state index in [0.717, 1.165) is 16.8 Å². The molecule has 2 N–H and O–H groups in total. The van der Waals surface area contributed by atoms with Crippen molar-refractivity contribution < 1.29 is 14.4 Å². The molecule has 0 unspecified atom stereocenters. The first-order valence-corrected chi connectivity index (χ1v) is 13.5. The van der Waals surface area contributed by atoms with Gasteiger partial charge in [-0.2, -0.15) is 0 Å². The summed E-state index contributed by atoms with van der Waals surface area (Å²) in [5, 5.41) is 6.60. The highest BCUT2D eigenvalue weighted by molar-refractivity contribution is 6.30. The lowest BCUT2D eigenvalue weighted by atomic mass is 9.64. The van der Waals surface area contributed by atoms with Gasteiger partial charge >= 0.3 is 0 Å². The van der Waals surface area contributed by atoms with Gasteiger partial charge in [0.25, 0.3) is 0 Å². The zero-order chi connectivity index (χ0) is 27.4. The van der Waals surface area contributed by atoms with E-state index >= 15 is 0 Å². The zero-order valence-corrected chi connectivity index (χ0v) is 22.0. The van der Waals surface area contributed by atoms with Crippen LogP contribution in [0.15, 0.2) is 109 Å². The van der Waals surface area contributed by atoms with Crippen LogP contribution in [0.1, 0.15) is 21.5 Å². The molecule has 0 bridgehead atoms. The van der Waals surface area contributed by atoms with Crippen molar-refractivity contribution in [2.75, 3.05) is 15.5 Å². The first-order valence-electron chi connectivity index (χ1n) is 13.1. The van der Waals surface area contributed by atoms with Crippen LogP contribution in [-0.2, 0) is 15.0 Å². The molecule has 1 spiro atoms. The number of ketones is 1. The molecule has 1 saturated heterocycles. The average molecular weight is 546 g/mol. The number of halogens is 1. The van der Waals surface area contributed by atoms with E-state index in [0.29, 0.717) is 22.0 Å². The lowest BCUT2D eigenvalue weighted by Gasteiger charge is -2.37. The number of benzene rings is 4. The van der Waals surface area contributed by atoms with E-state index in [2.05, 4.69) is 10.6 Å². The van der Waals surface area contributed by atoms with Crippen LogP contribution in [0.4, 0.5) is 17.1 Å². The monoisotopic (exact) mass is 545 g/mol. The standard InChI is InChI=1S/C33H24ClN3O3/c34-22-15-17-23(18-16-22)35-31(39)29-28(30(38)21-9-2-1-3-10-21)33(24-11-5-6-12-25(24)36-32(33)40)27-19-14-20-8-4-7-13-26(20)37(27)29/h1-19,27-29H,(H,35,39)(H,36,40)/t27-,28+,29-,33+/m1/s1. The Kier molecular flexibility index (Phi) is 5.61. The van der Waals surface area contributed by atoms with Crippen molar-refractivity contribution >= 4 is 52.3 Å². The van der Waals surface area contributed by atoms with Gasteiger partial charge in [0.2, 0.25) is 11.8 Å². The summed E-state index contributed by atoms with van der Waals surface area (Å²) in [5.74, 6) is -1.94. The molecule has 3 aliphatic rings. The van der Waals surface area contributed by atoms with Gasteiger partial charge < -0.3 is 15.5 Å². The van der Waals surface area contributed by atoms with Gasteiger partial charge in [-0.3, -0.25) is 14.4 Å². The lowest BCUT2D eigenvalue weighted by molar-refractivity contribution is -0.122. The highest BCUT2D eigenvalue weighted by Crippen LogP contribution is 2.57. The SMILES string of the molecule is O=C(c1ccccc1)[C@@H]1[C@H](C(=O)Nc2ccc(Cl)cc2)N2c3ccccc3C=C[C@@H]2[C@]12C(=O)Nc1ccccc12. The van der Waals surface area contributed by atoms with Crippen LogP contribution >= 0.6 is 11.6 Å². The van der Waals surface area contributed by atoms with Crippen LogP contribution in [0.3, 0.4) is 0 Å². The van der Waals surface area contributed by atoms with E-state index in [1.54, 1.807) is 48.5 Å². The van der Waals surface area contributed by atoms with E-state index in [1.807, 2.05) is 71.6 Å². The van der Waals surface area contributed by atoms with Crippen molar-refractivity contribution in [3.63, 3.8) is 0 Å². The van der Waals surface area contributed by atoms with Gasteiger partial charge in [0.15, 0.2) is 5.78 Å². The minimum absolute atomic E-state index is 0.260. The van der Waals surface area contributed by atoms with Crippen molar-refractivity contribution in [2.45, 2.75) is 17.5 Å². The molecule has 0 aliphatic carbocycles. The summed E-state index contributed by atoms with van der Waals surface area (Å²) in [6.07, 6.45) is 3.95. The maximum absolute atomic E-state index is 14.6. The number of hydrogen-bond acceptors (Lipinski definition) is 4. The first kappa shape index (κ1) is 24.4. The number of nitrogens with zero attached hydrogens (tertiary/aromatic N) is 1. The molecule has 3 heterocycles. The van der Waals surface area contributed by atoms with Crippen LogP contribution in [0.5, 0.6) is 0 Å². The minimum Gasteiger partial charge on any atom is -0.350 e. The topological polar surface area (TPSA) is 78.5 Å². The third-order valence-electron chi connectivity index (χ3n) is 8.26. The highest BCUT2D eigenvalue weighted by atomic mass is 35.5. The van der Waals surface area contributed by atoms with Crippen LogP contribution in [0.2, 0.25) is 5.02 Å². The van der Waals surface area contributed by atoms with Gasteiger partial charge in [-0.15, -0.1) is 0 Å². The molecule has 196 valence electrons. The predicted molar refractivity (Wildman–Crippen MR) is 157 cm³/mol. The number of hydrogen-bond donors (Lipinski definition) is 2. The van der Waals surface area contributed by atoms with E-state index in [-0.39, 0.29) is 17.6 Å². The van der Waals surface area contributed by atoms with Gasteiger partial charge in [0.1, 0.15) is 11.5 Å². The van der Waals surface area contributed by atoms with Gasteiger partial charge in [0.05, 0.1) is 12.0 Å². The van der Waals surface area contributed by atoms with Crippen LogP contribution in [0.25, 0.3) is 6.08 Å². The second-order valence-corrected chi connectivity index (χ2v) is 10.7. The van der Waals surface area contributed by atoms with E-state index < -0.39 is 23.4 Å². The highest BCUT2D eigenvalue weighted by Gasteiger charge is 2.70. The fourth-order valence-corrected chi connectivity index (χ4v) is 6.78. The first-order chi connectivity index (χ1) is 19.5. The Hall–Kier alpha value is -4.68. The summed E-state index contributed by atoms with van der Waals surface area (Å²) >= 11 is 6.08. The molecule has 7 heteroatoms. The van der Waals surface area contributed by atoms with Gasteiger partial charge in [0, 0.05) is 27.6 Å². The largest absolute Gasteiger partial charge is 0.350 e. The number of carbonyl (C=O) groups excluding carboxylic acids is 3. The van der Waals surface area contributed by atoms with Gasteiger partial charge in [-0.05, 0) is 47.5 Å². The van der Waals surface area contributed by atoms with E-state index in [4.69, 9.17) is 11.6 Å². The predicted octanol–water partition coefficient (Wildman–Crippen LogP) is 5.95. The van der Waals surface area contributed by atoms with Crippen LogP contribution in [0, 0.1) is 5.92 Å². The Bertz CT molecular complexity index is 1700. The van der Waals surface area contributed by atoms with Gasteiger partial charge in [-0.1, -0.05) is 90.5 Å². The maximum Gasteiger partial charge on any atom is 0.247 e. The van der Waals surface area contributed by atoms with Crippen LogP contribution in [-0.4, -0.2) is 29.7 Å². The average Bonchev–Trinajstić information content (AvgIpc) is 3.47. The summed E-state index contributed by atoms with van der Waals surface area (Å²) in [6.45, 7) is 0. The molecule has 0 aromatic heterocycles. The number of anilines is 3. The fraction of sp³-hybridized carbons (Fsp3) is 0.121. The molecule has 0 saturated carbocycles. The molecule has 40 heavy (non-hydrogen) atoms. The molecule has 6 nitrogen and oxygen atoms in total. The molecule has 7 rings (SSSR count). The van der Waals surface area contributed by atoms with Crippen molar-refractivity contribution in [1.82, 2.24) is 0 Å². The molecule has 4 atom stereocenters. The zero-order valence-electron chi connectivity index (χ0n) is 21.3. The Labute approximate surface area is 236 Å². The fourth-order valence-electron chi connectivity index (χ4n) is 6.65. The smallest absolute Gasteiger partial charge is 0.247 e. The second-order valence-electron chi connectivity index (χ2n) is 10.3. The second kappa shape index (κ2) is 9.21. The Morgan fingerprint density at radius 2 is 1.55 bits per heavy atom. The summed E-state index contributed by atoms with van der Waals surface area (Å²) in [6, 6.07) is 29.4. The molecule has 2 amide bonds. The van der Waals surface area contributed by atoms with Crippen molar-refractivity contribution in [2.24, 2.45) is 5.92 Å². The molecule has 0 radical (unpaired) electrons. The number of Topliss-reactive ketones (excluding diaryl/α,β-unsaturated/α-hetero) is 1. The number of fused-ring (bicyclic) bond motifs is 6. The Morgan fingerprint density at radius 1 is 0.850 bits per heavy atom. The van der Waals surface area contributed by atoms with E-state index in [1.165, 1.54) is 0 Å². The van der Waals surface area contributed by atoms with Crippen molar-refractivity contribution in [1.29, 1.82) is 0 Å². The third kappa shape index (κ3) is 3.46.